The van der Waals surface area contributed by atoms with Crippen LogP contribution < -0.4 is 5.32 Å². The van der Waals surface area contributed by atoms with Gasteiger partial charge in [-0.3, -0.25) is 10.1 Å². The van der Waals surface area contributed by atoms with Crippen molar-refractivity contribution in [2.75, 3.05) is 26.7 Å². The summed E-state index contributed by atoms with van der Waals surface area (Å²) in [5.41, 5.74) is -0.138. The van der Waals surface area contributed by atoms with E-state index in [1.54, 1.807) is 0 Å². The number of nitrogens with zero attached hydrogens (tertiary/aromatic N) is 2. The molecular formula is C14H25N3O. The molecular weight excluding hydrogens is 226 g/mol. The molecule has 2 saturated heterocycles. The number of piperidine rings is 1. The second-order valence-electron chi connectivity index (χ2n) is 6.38. The van der Waals surface area contributed by atoms with Crippen LogP contribution in [0, 0.1) is 5.92 Å². The van der Waals surface area contributed by atoms with E-state index >= 15 is 0 Å². The van der Waals surface area contributed by atoms with Crippen LogP contribution in [-0.2, 0) is 4.79 Å². The van der Waals surface area contributed by atoms with Crippen molar-refractivity contribution in [2.45, 2.75) is 50.7 Å². The van der Waals surface area contributed by atoms with Gasteiger partial charge in [0.2, 0.25) is 5.91 Å². The molecule has 0 radical (unpaired) electrons. The van der Waals surface area contributed by atoms with Gasteiger partial charge in [0.25, 0.3) is 0 Å². The van der Waals surface area contributed by atoms with Crippen molar-refractivity contribution in [3.05, 3.63) is 0 Å². The van der Waals surface area contributed by atoms with E-state index in [1.165, 1.54) is 19.4 Å². The number of carbonyl (C=O) groups is 1. The van der Waals surface area contributed by atoms with Gasteiger partial charge in [0.1, 0.15) is 0 Å². The van der Waals surface area contributed by atoms with Gasteiger partial charge in [-0.2, -0.15) is 0 Å². The molecule has 1 amide bonds. The third-order valence-electron chi connectivity index (χ3n) is 4.80. The predicted octanol–water partition coefficient (Wildman–Crippen LogP) is 1.03. The van der Waals surface area contributed by atoms with Gasteiger partial charge in [0.15, 0.2) is 0 Å². The number of carbonyl (C=O) groups excluding carboxylic acids is 1. The SMILES string of the molecule is CCC1NC2(CC2)C(=O)N1CC1CCCN(C)C1. The first-order valence-corrected chi connectivity index (χ1v) is 7.42. The van der Waals surface area contributed by atoms with Gasteiger partial charge in [0, 0.05) is 13.1 Å². The minimum atomic E-state index is -0.138. The lowest BCUT2D eigenvalue weighted by Crippen LogP contribution is -2.44. The Morgan fingerprint density at radius 3 is 2.83 bits per heavy atom. The molecule has 4 nitrogen and oxygen atoms in total. The third-order valence-corrected chi connectivity index (χ3v) is 4.80. The van der Waals surface area contributed by atoms with E-state index in [0.29, 0.717) is 11.8 Å². The lowest BCUT2D eigenvalue weighted by Gasteiger charge is -2.34. The summed E-state index contributed by atoms with van der Waals surface area (Å²) in [5, 5.41) is 3.55. The van der Waals surface area contributed by atoms with E-state index in [4.69, 9.17) is 0 Å². The molecule has 2 aliphatic heterocycles. The summed E-state index contributed by atoms with van der Waals surface area (Å²) in [6.07, 6.45) is 5.95. The van der Waals surface area contributed by atoms with Crippen molar-refractivity contribution >= 4 is 5.91 Å². The zero-order valence-electron chi connectivity index (χ0n) is 11.6. The molecule has 18 heavy (non-hydrogen) atoms. The van der Waals surface area contributed by atoms with Gasteiger partial charge < -0.3 is 9.80 Å². The Kier molecular flexibility index (Phi) is 3.10. The first kappa shape index (κ1) is 12.4. The molecule has 2 unspecified atom stereocenters. The topological polar surface area (TPSA) is 35.6 Å². The molecule has 0 aromatic heterocycles. The van der Waals surface area contributed by atoms with Gasteiger partial charge in [-0.05, 0) is 51.6 Å². The third kappa shape index (κ3) is 2.05. The lowest BCUT2D eigenvalue weighted by atomic mass is 9.97. The Hall–Kier alpha value is -0.610. The van der Waals surface area contributed by atoms with Crippen LogP contribution in [0.25, 0.3) is 0 Å². The van der Waals surface area contributed by atoms with Crippen LogP contribution in [0.1, 0.15) is 39.0 Å². The van der Waals surface area contributed by atoms with E-state index < -0.39 is 0 Å². The summed E-state index contributed by atoms with van der Waals surface area (Å²) in [7, 11) is 2.19. The van der Waals surface area contributed by atoms with Crippen molar-refractivity contribution in [1.82, 2.24) is 15.1 Å². The number of nitrogens with one attached hydrogen (secondary N) is 1. The molecule has 4 heteroatoms. The fourth-order valence-electron chi connectivity index (χ4n) is 3.59. The minimum absolute atomic E-state index is 0.138. The quantitative estimate of drug-likeness (QED) is 0.814. The van der Waals surface area contributed by atoms with Crippen molar-refractivity contribution in [3.8, 4) is 0 Å². The first-order chi connectivity index (χ1) is 8.64. The van der Waals surface area contributed by atoms with Crippen LogP contribution >= 0.6 is 0 Å². The van der Waals surface area contributed by atoms with Crippen LogP contribution in [0.5, 0.6) is 0 Å². The zero-order valence-corrected chi connectivity index (χ0v) is 11.6. The molecule has 0 aromatic rings. The Balaban J connectivity index is 1.65. The summed E-state index contributed by atoms with van der Waals surface area (Å²) in [6, 6.07) is 0. The molecule has 0 aromatic carbocycles. The predicted molar refractivity (Wildman–Crippen MR) is 71.1 cm³/mol. The monoisotopic (exact) mass is 251 g/mol. The van der Waals surface area contributed by atoms with E-state index in [9.17, 15) is 4.79 Å². The van der Waals surface area contributed by atoms with Crippen LogP contribution in [0.4, 0.5) is 0 Å². The maximum absolute atomic E-state index is 12.5. The molecule has 1 spiro atoms. The number of amides is 1. The highest BCUT2D eigenvalue weighted by Crippen LogP contribution is 2.42. The second kappa shape index (κ2) is 4.49. The summed E-state index contributed by atoms with van der Waals surface area (Å²) >= 11 is 0. The highest BCUT2D eigenvalue weighted by molar-refractivity contribution is 5.91. The molecule has 1 aliphatic carbocycles. The summed E-state index contributed by atoms with van der Waals surface area (Å²) < 4.78 is 0. The molecule has 2 atom stereocenters. The molecule has 3 fully saturated rings. The van der Waals surface area contributed by atoms with Crippen molar-refractivity contribution in [3.63, 3.8) is 0 Å². The average Bonchev–Trinajstić information content (AvgIpc) is 3.08. The number of rotatable bonds is 3. The van der Waals surface area contributed by atoms with Crippen molar-refractivity contribution < 1.29 is 4.79 Å². The molecule has 2 heterocycles. The number of hydrogen-bond donors (Lipinski definition) is 1. The van der Waals surface area contributed by atoms with Crippen LogP contribution in [-0.4, -0.2) is 54.1 Å². The van der Waals surface area contributed by atoms with Gasteiger partial charge in [-0.25, -0.2) is 0 Å². The highest BCUT2D eigenvalue weighted by Gasteiger charge is 2.58. The summed E-state index contributed by atoms with van der Waals surface area (Å²) in [6.45, 7) is 5.49. The Bertz CT molecular complexity index is 340. The second-order valence-corrected chi connectivity index (χ2v) is 6.38. The Morgan fingerprint density at radius 2 is 2.22 bits per heavy atom. The molecule has 1 N–H and O–H groups in total. The Morgan fingerprint density at radius 1 is 1.44 bits per heavy atom. The maximum atomic E-state index is 12.5. The van der Waals surface area contributed by atoms with Gasteiger partial charge in [-0.1, -0.05) is 6.92 Å². The first-order valence-electron chi connectivity index (χ1n) is 7.42. The van der Waals surface area contributed by atoms with Crippen LogP contribution in [0.15, 0.2) is 0 Å². The van der Waals surface area contributed by atoms with Gasteiger partial charge in [-0.15, -0.1) is 0 Å². The number of likely N-dealkylation sites (tertiary alicyclic amines) is 1. The molecule has 3 aliphatic rings. The molecule has 3 rings (SSSR count). The summed E-state index contributed by atoms with van der Waals surface area (Å²) in [4.78, 5) is 17.0. The van der Waals surface area contributed by atoms with E-state index in [-0.39, 0.29) is 11.7 Å². The van der Waals surface area contributed by atoms with E-state index in [0.717, 1.165) is 32.4 Å². The highest BCUT2D eigenvalue weighted by atomic mass is 16.2. The van der Waals surface area contributed by atoms with Gasteiger partial charge in [0.05, 0.1) is 11.7 Å². The standard InChI is InChI=1S/C14H25N3O/c1-3-12-15-14(6-7-14)13(18)17(12)10-11-5-4-8-16(2)9-11/h11-12,15H,3-10H2,1-2H3. The van der Waals surface area contributed by atoms with Gasteiger partial charge >= 0.3 is 0 Å². The van der Waals surface area contributed by atoms with E-state index in [2.05, 4.69) is 29.1 Å². The van der Waals surface area contributed by atoms with Crippen molar-refractivity contribution in [1.29, 1.82) is 0 Å². The lowest BCUT2D eigenvalue weighted by molar-refractivity contribution is -0.131. The van der Waals surface area contributed by atoms with Crippen molar-refractivity contribution in [2.24, 2.45) is 5.92 Å². The fourth-order valence-corrected chi connectivity index (χ4v) is 3.59. The molecule has 1 saturated carbocycles. The van der Waals surface area contributed by atoms with Crippen LogP contribution in [0.3, 0.4) is 0 Å². The smallest absolute Gasteiger partial charge is 0.244 e. The Labute approximate surface area is 110 Å². The molecule has 0 bridgehead atoms. The van der Waals surface area contributed by atoms with E-state index in [1.807, 2.05) is 0 Å². The maximum Gasteiger partial charge on any atom is 0.244 e. The largest absolute Gasteiger partial charge is 0.325 e. The average molecular weight is 251 g/mol. The fraction of sp³-hybridized carbons (Fsp3) is 0.929. The normalized spacial score (nSPS) is 35.4. The molecule has 102 valence electrons. The number of hydrogen-bond acceptors (Lipinski definition) is 3. The zero-order chi connectivity index (χ0) is 12.8. The van der Waals surface area contributed by atoms with Crippen LogP contribution in [0.2, 0.25) is 0 Å². The summed E-state index contributed by atoms with van der Waals surface area (Å²) in [5.74, 6) is 1.04. The minimum Gasteiger partial charge on any atom is -0.325 e.